The predicted octanol–water partition coefficient (Wildman–Crippen LogP) is 2.63. The van der Waals surface area contributed by atoms with E-state index in [1.54, 1.807) is 37.3 Å². The lowest BCUT2D eigenvalue weighted by Crippen LogP contribution is -2.04. The summed E-state index contributed by atoms with van der Waals surface area (Å²) in [5.74, 6) is -0.256. The number of carbonyl (C=O) groups excluding carboxylic acids is 1. The van der Waals surface area contributed by atoms with Crippen LogP contribution in [0.5, 0.6) is 0 Å². The van der Waals surface area contributed by atoms with Crippen molar-refractivity contribution in [3.63, 3.8) is 0 Å². The van der Waals surface area contributed by atoms with Crippen LogP contribution in [-0.4, -0.2) is 19.2 Å². The quantitative estimate of drug-likeness (QED) is 0.813. The molecule has 0 unspecified atom stereocenters. The molecule has 6 heteroatoms. The monoisotopic (exact) mass is 295 g/mol. The molecule has 0 atom stereocenters. The van der Waals surface area contributed by atoms with E-state index in [1.165, 1.54) is 6.92 Å². The lowest BCUT2D eigenvalue weighted by Gasteiger charge is -2.01. The van der Waals surface area contributed by atoms with Gasteiger partial charge in [0.25, 0.3) is 0 Å². The summed E-state index contributed by atoms with van der Waals surface area (Å²) in [6, 6.07) is 8.24. The maximum Gasteiger partial charge on any atom is 0.184 e. The molecule has 0 N–H and O–H groups in total. The molecule has 1 heterocycles. The van der Waals surface area contributed by atoms with Crippen molar-refractivity contribution in [3.8, 4) is 0 Å². The fraction of sp³-hybridized carbons (Fsp3) is 0.231. The van der Waals surface area contributed by atoms with Crippen LogP contribution in [-0.2, 0) is 15.6 Å². The molecule has 1 aromatic heterocycles. The molecule has 0 fully saturated rings. The molecule has 0 aliphatic carbocycles. The first-order chi connectivity index (χ1) is 8.90. The van der Waals surface area contributed by atoms with Crippen molar-refractivity contribution < 1.29 is 13.2 Å². The Morgan fingerprint density at radius 1 is 1.26 bits per heavy atom. The van der Waals surface area contributed by atoms with Gasteiger partial charge in [0, 0.05) is 6.92 Å². The number of thiazole rings is 1. The van der Waals surface area contributed by atoms with Gasteiger partial charge >= 0.3 is 0 Å². The zero-order chi connectivity index (χ0) is 14.0. The minimum atomic E-state index is -3.41. The molecule has 100 valence electrons. The minimum absolute atomic E-state index is 0.0849. The van der Waals surface area contributed by atoms with Crippen molar-refractivity contribution in [3.05, 3.63) is 45.9 Å². The molecule has 0 spiro atoms. The number of hydrogen-bond acceptors (Lipinski definition) is 5. The zero-order valence-electron chi connectivity index (χ0n) is 10.6. The molecule has 19 heavy (non-hydrogen) atoms. The van der Waals surface area contributed by atoms with Crippen LogP contribution in [0.1, 0.15) is 27.3 Å². The van der Waals surface area contributed by atoms with Gasteiger partial charge < -0.3 is 0 Å². The number of benzene rings is 1. The standard InChI is InChI=1S/C13H13NO3S2/c1-9-13(10(2)15)18-12(14-9)8-19(16,17)11-6-4-3-5-7-11/h3-7H,8H2,1-2H3. The lowest BCUT2D eigenvalue weighted by atomic mass is 10.3. The minimum Gasteiger partial charge on any atom is -0.294 e. The van der Waals surface area contributed by atoms with Crippen molar-refractivity contribution in [2.24, 2.45) is 0 Å². The van der Waals surface area contributed by atoms with E-state index in [1.807, 2.05) is 0 Å². The summed E-state index contributed by atoms with van der Waals surface area (Å²) in [4.78, 5) is 16.3. The van der Waals surface area contributed by atoms with E-state index in [0.717, 1.165) is 11.3 Å². The van der Waals surface area contributed by atoms with Crippen LogP contribution < -0.4 is 0 Å². The Labute approximate surface area is 116 Å². The SMILES string of the molecule is CC(=O)c1sc(CS(=O)(=O)c2ccccc2)nc1C. The van der Waals surface area contributed by atoms with Gasteiger partial charge in [0.1, 0.15) is 10.8 Å². The van der Waals surface area contributed by atoms with Crippen LogP contribution in [0.4, 0.5) is 0 Å². The van der Waals surface area contributed by atoms with E-state index < -0.39 is 9.84 Å². The molecule has 0 saturated heterocycles. The second-order valence-corrected chi connectivity index (χ2v) is 7.22. The predicted molar refractivity (Wildman–Crippen MR) is 74.2 cm³/mol. The zero-order valence-corrected chi connectivity index (χ0v) is 12.2. The van der Waals surface area contributed by atoms with Crippen molar-refractivity contribution >= 4 is 27.0 Å². The van der Waals surface area contributed by atoms with E-state index in [0.29, 0.717) is 15.6 Å². The van der Waals surface area contributed by atoms with Gasteiger partial charge in [-0.2, -0.15) is 0 Å². The summed E-state index contributed by atoms with van der Waals surface area (Å²) in [5, 5.41) is 0.451. The third-order valence-corrected chi connectivity index (χ3v) is 5.66. The van der Waals surface area contributed by atoms with E-state index in [9.17, 15) is 13.2 Å². The first kappa shape index (κ1) is 13.9. The normalized spacial score (nSPS) is 11.5. The van der Waals surface area contributed by atoms with E-state index in [2.05, 4.69) is 4.98 Å². The van der Waals surface area contributed by atoms with Crippen LogP contribution in [0.15, 0.2) is 35.2 Å². The molecule has 0 aliphatic rings. The maximum atomic E-state index is 12.2. The highest BCUT2D eigenvalue weighted by atomic mass is 32.2. The summed E-state index contributed by atoms with van der Waals surface area (Å²) < 4.78 is 24.3. The van der Waals surface area contributed by atoms with Crippen LogP contribution >= 0.6 is 11.3 Å². The molecular formula is C13H13NO3S2. The molecule has 0 bridgehead atoms. The number of sulfone groups is 1. The number of ketones is 1. The van der Waals surface area contributed by atoms with Crippen LogP contribution in [0.3, 0.4) is 0 Å². The Balaban J connectivity index is 2.31. The molecule has 0 amide bonds. The van der Waals surface area contributed by atoms with Crippen molar-refractivity contribution in [1.82, 2.24) is 4.98 Å². The topological polar surface area (TPSA) is 64.1 Å². The summed E-state index contributed by atoms with van der Waals surface area (Å²) in [5.41, 5.74) is 0.593. The fourth-order valence-electron chi connectivity index (χ4n) is 1.71. The van der Waals surface area contributed by atoms with Crippen LogP contribution in [0, 0.1) is 6.92 Å². The van der Waals surface area contributed by atoms with Gasteiger partial charge in [0.15, 0.2) is 15.6 Å². The van der Waals surface area contributed by atoms with Gasteiger partial charge in [-0.25, -0.2) is 13.4 Å². The van der Waals surface area contributed by atoms with Gasteiger partial charge in [0.2, 0.25) is 0 Å². The second-order valence-electron chi connectivity index (χ2n) is 4.15. The number of carbonyl (C=O) groups is 1. The Kier molecular flexibility index (Phi) is 3.82. The molecule has 2 aromatic rings. The first-order valence-corrected chi connectivity index (χ1v) is 8.12. The van der Waals surface area contributed by atoms with Gasteiger partial charge in [-0.1, -0.05) is 18.2 Å². The summed E-state index contributed by atoms with van der Waals surface area (Å²) in [6.07, 6.45) is 0. The molecule has 1 aromatic carbocycles. The van der Waals surface area contributed by atoms with Crippen molar-refractivity contribution in [1.29, 1.82) is 0 Å². The molecule has 0 radical (unpaired) electrons. The Morgan fingerprint density at radius 3 is 2.42 bits per heavy atom. The molecule has 0 saturated carbocycles. The average molecular weight is 295 g/mol. The Hall–Kier alpha value is -1.53. The van der Waals surface area contributed by atoms with Crippen molar-refractivity contribution in [2.75, 3.05) is 0 Å². The number of rotatable bonds is 4. The second kappa shape index (κ2) is 5.22. The first-order valence-electron chi connectivity index (χ1n) is 5.65. The third kappa shape index (κ3) is 3.08. The third-order valence-electron chi connectivity index (χ3n) is 2.58. The molecular weight excluding hydrogens is 282 g/mol. The van der Waals surface area contributed by atoms with Gasteiger partial charge in [0.05, 0.1) is 15.5 Å². The fourth-order valence-corrected chi connectivity index (χ4v) is 4.30. The summed E-state index contributed by atoms with van der Waals surface area (Å²) in [7, 11) is -3.41. The highest BCUT2D eigenvalue weighted by Crippen LogP contribution is 2.23. The van der Waals surface area contributed by atoms with E-state index in [4.69, 9.17) is 0 Å². The lowest BCUT2D eigenvalue weighted by molar-refractivity contribution is 0.102. The number of aryl methyl sites for hydroxylation is 1. The number of aromatic nitrogens is 1. The van der Waals surface area contributed by atoms with Gasteiger partial charge in [-0.15, -0.1) is 11.3 Å². The van der Waals surface area contributed by atoms with Gasteiger partial charge in [-0.05, 0) is 19.1 Å². The Morgan fingerprint density at radius 2 is 1.89 bits per heavy atom. The van der Waals surface area contributed by atoms with Crippen molar-refractivity contribution in [2.45, 2.75) is 24.5 Å². The highest BCUT2D eigenvalue weighted by molar-refractivity contribution is 7.90. The van der Waals surface area contributed by atoms with E-state index in [-0.39, 0.29) is 16.4 Å². The van der Waals surface area contributed by atoms with Gasteiger partial charge in [-0.3, -0.25) is 4.79 Å². The number of Topliss-reactive ketones (excluding diaryl/α,β-unsaturated/α-hetero) is 1. The van der Waals surface area contributed by atoms with Crippen LogP contribution in [0.2, 0.25) is 0 Å². The molecule has 2 rings (SSSR count). The van der Waals surface area contributed by atoms with E-state index >= 15 is 0 Å². The number of hydrogen-bond donors (Lipinski definition) is 0. The average Bonchev–Trinajstić information content (AvgIpc) is 2.71. The number of nitrogens with zero attached hydrogens (tertiary/aromatic N) is 1. The van der Waals surface area contributed by atoms with Crippen LogP contribution in [0.25, 0.3) is 0 Å². The smallest absolute Gasteiger partial charge is 0.184 e. The maximum absolute atomic E-state index is 12.2. The largest absolute Gasteiger partial charge is 0.294 e. The summed E-state index contributed by atoms with van der Waals surface area (Å²) in [6.45, 7) is 3.17. The molecule has 0 aliphatic heterocycles. The highest BCUT2D eigenvalue weighted by Gasteiger charge is 2.19. The molecule has 4 nitrogen and oxygen atoms in total. The Bertz CT molecular complexity index is 703. The summed E-state index contributed by atoms with van der Waals surface area (Å²) >= 11 is 1.15.